The second-order valence-corrected chi connectivity index (χ2v) is 7.67. The molecule has 0 aliphatic rings. The average Bonchev–Trinajstić information content (AvgIpc) is 3.35. The van der Waals surface area contributed by atoms with Gasteiger partial charge in [0.05, 0.1) is 27.0 Å². The summed E-state index contributed by atoms with van der Waals surface area (Å²) in [5.41, 5.74) is 2.86. The maximum atomic E-state index is 13.6. The van der Waals surface area contributed by atoms with Crippen LogP contribution in [0.4, 0.5) is 5.13 Å². The summed E-state index contributed by atoms with van der Waals surface area (Å²) < 4.78 is 13.4. The van der Waals surface area contributed by atoms with Gasteiger partial charge in [-0.25, -0.2) is 4.98 Å². The van der Waals surface area contributed by atoms with E-state index in [0.29, 0.717) is 34.4 Å². The summed E-state index contributed by atoms with van der Waals surface area (Å²) in [7, 11) is 4.96. The molecule has 0 saturated heterocycles. The molecule has 0 unspecified atom stereocenters. The number of fused-ring (bicyclic) bond motifs is 1. The van der Waals surface area contributed by atoms with Crippen molar-refractivity contribution in [2.24, 2.45) is 7.05 Å². The third kappa shape index (κ3) is 3.48. The third-order valence-electron chi connectivity index (χ3n) is 4.76. The standard InChI is InChI=1S/C21H21N5O3S/c1-13-10-23-25(2)18(13)20(27)26(12-14-6-5-9-22-11-14)21-24-17-15(28-3)7-8-16(29-4)19(17)30-21/h5-11H,12H2,1-4H3. The molecule has 1 aromatic carbocycles. The molecule has 0 saturated carbocycles. The van der Waals surface area contributed by atoms with E-state index in [0.717, 1.165) is 15.8 Å². The van der Waals surface area contributed by atoms with Gasteiger partial charge < -0.3 is 9.47 Å². The number of anilines is 1. The highest BCUT2D eigenvalue weighted by molar-refractivity contribution is 7.22. The molecule has 4 rings (SSSR count). The SMILES string of the molecule is COc1ccc(OC)c2sc(N(Cc3cccnc3)C(=O)c3c(C)cnn3C)nc12. The van der Waals surface area contributed by atoms with E-state index < -0.39 is 0 Å². The minimum absolute atomic E-state index is 0.187. The highest BCUT2D eigenvalue weighted by atomic mass is 32.1. The number of benzene rings is 1. The molecule has 3 aromatic heterocycles. The largest absolute Gasteiger partial charge is 0.495 e. The van der Waals surface area contributed by atoms with Crippen LogP contribution in [0.3, 0.4) is 0 Å². The highest BCUT2D eigenvalue weighted by Crippen LogP contribution is 2.40. The molecule has 3 heterocycles. The molecule has 30 heavy (non-hydrogen) atoms. The molecule has 154 valence electrons. The van der Waals surface area contributed by atoms with Gasteiger partial charge in [0.25, 0.3) is 5.91 Å². The molecule has 0 atom stereocenters. The third-order valence-corrected chi connectivity index (χ3v) is 5.86. The molecule has 9 heteroatoms. The van der Waals surface area contributed by atoms with Crippen LogP contribution in [-0.4, -0.2) is 39.9 Å². The summed E-state index contributed by atoms with van der Waals surface area (Å²) in [4.78, 5) is 24.2. The average molecular weight is 423 g/mol. The summed E-state index contributed by atoms with van der Waals surface area (Å²) in [6, 6.07) is 7.42. The van der Waals surface area contributed by atoms with E-state index in [9.17, 15) is 4.79 Å². The molecular formula is C21H21N5O3S. The number of rotatable bonds is 6. The summed E-state index contributed by atoms with van der Waals surface area (Å²) in [5, 5.41) is 4.76. The molecule has 0 N–H and O–H groups in total. The van der Waals surface area contributed by atoms with Gasteiger partial charge in [-0.05, 0) is 36.2 Å². The van der Waals surface area contributed by atoms with Gasteiger partial charge in [0.1, 0.15) is 27.4 Å². The Morgan fingerprint density at radius 2 is 1.93 bits per heavy atom. The number of nitrogens with zero attached hydrogens (tertiary/aromatic N) is 5. The fourth-order valence-corrected chi connectivity index (χ4v) is 4.34. The van der Waals surface area contributed by atoms with Crippen LogP contribution in [0.2, 0.25) is 0 Å². The molecule has 0 bridgehead atoms. The summed E-state index contributed by atoms with van der Waals surface area (Å²) in [5.74, 6) is 1.12. The summed E-state index contributed by atoms with van der Waals surface area (Å²) in [6.45, 7) is 2.19. The van der Waals surface area contributed by atoms with Gasteiger partial charge in [-0.2, -0.15) is 5.10 Å². The topological polar surface area (TPSA) is 82.4 Å². The molecule has 0 aliphatic heterocycles. The summed E-state index contributed by atoms with van der Waals surface area (Å²) in [6.07, 6.45) is 5.12. The van der Waals surface area contributed by atoms with Crippen molar-refractivity contribution in [1.29, 1.82) is 0 Å². The van der Waals surface area contributed by atoms with Crippen molar-refractivity contribution >= 4 is 32.6 Å². The van der Waals surface area contributed by atoms with Crippen molar-refractivity contribution in [3.8, 4) is 11.5 Å². The molecular weight excluding hydrogens is 402 g/mol. The molecule has 0 aliphatic carbocycles. The number of thiazole rings is 1. The van der Waals surface area contributed by atoms with Crippen LogP contribution in [0.15, 0.2) is 42.9 Å². The molecule has 0 fully saturated rings. The van der Waals surface area contributed by atoms with Crippen molar-refractivity contribution < 1.29 is 14.3 Å². The van der Waals surface area contributed by atoms with Crippen molar-refractivity contribution in [2.75, 3.05) is 19.1 Å². The number of carbonyl (C=O) groups is 1. The second-order valence-electron chi connectivity index (χ2n) is 6.70. The summed E-state index contributed by atoms with van der Waals surface area (Å²) >= 11 is 1.38. The fourth-order valence-electron chi connectivity index (χ4n) is 3.27. The first-order valence-electron chi connectivity index (χ1n) is 9.24. The maximum absolute atomic E-state index is 13.6. The van der Waals surface area contributed by atoms with Gasteiger partial charge in [0.15, 0.2) is 5.13 Å². The predicted molar refractivity (Wildman–Crippen MR) is 115 cm³/mol. The maximum Gasteiger partial charge on any atom is 0.278 e. The van der Waals surface area contributed by atoms with Crippen molar-refractivity contribution in [3.63, 3.8) is 0 Å². The Bertz CT molecular complexity index is 1140. The second kappa shape index (κ2) is 8.11. The van der Waals surface area contributed by atoms with Crippen molar-refractivity contribution in [3.05, 3.63) is 59.7 Å². The van der Waals surface area contributed by atoms with E-state index >= 15 is 0 Å². The van der Waals surface area contributed by atoms with Crippen LogP contribution >= 0.6 is 11.3 Å². The molecule has 8 nitrogen and oxygen atoms in total. The lowest BCUT2D eigenvalue weighted by atomic mass is 10.2. The van der Waals surface area contributed by atoms with Gasteiger partial charge >= 0.3 is 0 Å². The zero-order valence-electron chi connectivity index (χ0n) is 17.1. The van der Waals surface area contributed by atoms with E-state index in [4.69, 9.17) is 14.5 Å². The van der Waals surface area contributed by atoms with Gasteiger partial charge in [0.2, 0.25) is 0 Å². The normalized spacial score (nSPS) is 10.9. The van der Waals surface area contributed by atoms with Gasteiger partial charge in [-0.15, -0.1) is 0 Å². The highest BCUT2D eigenvalue weighted by Gasteiger charge is 2.27. The number of aromatic nitrogens is 4. The van der Waals surface area contributed by atoms with E-state index in [2.05, 4.69) is 10.1 Å². The minimum atomic E-state index is -0.187. The number of pyridine rings is 1. The van der Waals surface area contributed by atoms with Crippen LogP contribution in [0.1, 0.15) is 21.6 Å². The number of aryl methyl sites for hydroxylation is 2. The lowest BCUT2D eigenvalue weighted by Gasteiger charge is -2.20. The zero-order valence-corrected chi connectivity index (χ0v) is 17.9. The zero-order chi connectivity index (χ0) is 21.3. The van der Waals surface area contributed by atoms with E-state index in [-0.39, 0.29) is 5.91 Å². The first kappa shape index (κ1) is 19.8. The van der Waals surface area contributed by atoms with E-state index in [1.807, 2.05) is 31.2 Å². The lowest BCUT2D eigenvalue weighted by molar-refractivity contribution is 0.0975. The Morgan fingerprint density at radius 1 is 1.17 bits per heavy atom. The Labute approximate surface area is 177 Å². The molecule has 1 amide bonds. The van der Waals surface area contributed by atoms with E-state index in [1.54, 1.807) is 49.4 Å². The van der Waals surface area contributed by atoms with Crippen molar-refractivity contribution in [2.45, 2.75) is 13.5 Å². The fraction of sp³-hybridized carbons (Fsp3) is 0.238. The van der Waals surface area contributed by atoms with Gasteiger partial charge in [0, 0.05) is 19.4 Å². The van der Waals surface area contributed by atoms with E-state index in [1.165, 1.54) is 11.3 Å². The monoisotopic (exact) mass is 423 g/mol. The number of carbonyl (C=O) groups excluding carboxylic acids is 1. The van der Waals surface area contributed by atoms with Gasteiger partial charge in [-0.1, -0.05) is 17.4 Å². The predicted octanol–water partition coefficient (Wildman–Crippen LogP) is 3.60. The lowest BCUT2D eigenvalue weighted by Crippen LogP contribution is -2.32. The Morgan fingerprint density at radius 3 is 2.57 bits per heavy atom. The van der Waals surface area contributed by atoms with Crippen LogP contribution in [0.5, 0.6) is 11.5 Å². The number of amides is 1. The Kier molecular flexibility index (Phi) is 5.37. The Balaban J connectivity index is 1.86. The quantitative estimate of drug-likeness (QED) is 0.471. The minimum Gasteiger partial charge on any atom is -0.495 e. The van der Waals surface area contributed by atoms with Crippen LogP contribution in [0.25, 0.3) is 10.2 Å². The number of hydrogen-bond acceptors (Lipinski definition) is 7. The van der Waals surface area contributed by atoms with Crippen LogP contribution in [0, 0.1) is 6.92 Å². The number of ether oxygens (including phenoxy) is 2. The van der Waals surface area contributed by atoms with Crippen LogP contribution in [-0.2, 0) is 13.6 Å². The smallest absolute Gasteiger partial charge is 0.278 e. The number of methoxy groups -OCH3 is 2. The molecule has 0 spiro atoms. The first-order valence-corrected chi connectivity index (χ1v) is 10.1. The molecule has 4 aromatic rings. The Hall–Kier alpha value is -3.46. The number of hydrogen-bond donors (Lipinski definition) is 0. The van der Waals surface area contributed by atoms with Gasteiger partial charge in [-0.3, -0.25) is 19.4 Å². The first-order chi connectivity index (χ1) is 14.5. The van der Waals surface area contributed by atoms with Crippen molar-refractivity contribution in [1.82, 2.24) is 19.7 Å². The molecule has 0 radical (unpaired) electrons. The van der Waals surface area contributed by atoms with Crippen LogP contribution < -0.4 is 14.4 Å².